The molecule has 4 rings (SSSR count). The van der Waals surface area contributed by atoms with Gasteiger partial charge in [-0.3, -0.25) is 9.59 Å². The summed E-state index contributed by atoms with van der Waals surface area (Å²) in [7, 11) is 2.04. The summed E-state index contributed by atoms with van der Waals surface area (Å²) in [5, 5.41) is 8.10. The zero-order valence-corrected chi connectivity index (χ0v) is 14.7. The van der Waals surface area contributed by atoms with Crippen LogP contribution in [0.4, 0.5) is 5.82 Å². The molecule has 7 heteroatoms. The Hall–Kier alpha value is -2.18. The third-order valence-corrected chi connectivity index (χ3v) is 5.74. The van der Waals surface area contributed by atoms with Crippen LogP contribution < -0.4 is 4.90 Å². The molecule has 1 saturated carbocycles. The van der Waals surface area contributed by atoms with Gasteiger partial charge in [0, 0.05) is 51.4 Å². The number of carbonyl (C=O) groups is 2. The van der Waals surface area contributed by atoms with Crippen LogP contribution in [0.25, 0.3) is 0 Å². The fraction of sp³-hybridized carbons (Fsp3) is 0.667. The van der Waals surface area contributed by atoms with Gasteiger partial charge in [0.05, 0.1) is 5.92 Å². The molecule has 0 aromatic carbocycles. The van der Waals surface area contributed by atoms with Crippen molar-refractivity contribution >= 4 is 17.6 Å². The molecule has 0 unspecified atom stereocenters. The maximum atomic E-state index is 12.8. The first-order valence-corrected chi connectivity index (χ1v) is 9.22. The summed E-state index contributed by atoms with van der Waals surface area (Å²) in [6.07, 6.45) is 6.12. The predicted molar refractivity (Wildman–Crippen MR) is 92.9 cm³/mol. The number of aromatic nitrogens is 2. The number of anilines is 1. The SMILES string of the molecule is CN(c1cccnn1)C1CCN(C(=O)[C@H]2CC(=O)N(C3CC3)C2)CC1. The van der Waals surface area contributed by atoms with Gasteiger partial charge in [-0.1, -0.05) is 0 Å². The van der Waals surface area contributed by atoms with Crippen LogP contribution in [0.2, 0.25) is 0 Å². The molecule has 3 heterocycles. The lowest BCUT2D eigenvalue weighted by molar-refractivity contribution is -0.136. The number of hydrogen-bond acceptors (Lipinski definition) is 5. The molecule has 1 aliphatic carbocycles. The topological polar surface area (TPSA) is 69.6 Å². The van der Waals surface area contributed by atoms with Gasteiger partial charge in [-0.05, 0) is 37.8 Å². The Morgan fingerprint density at radius 1 is 1.24 bits per heavy atom. The molecule has 2 amide bonds. The fourth-order valence-electron chi connectivity index (χ4n) is 4.04. The molecule has 0 radical (unpaired) electrons. The number of likely N-dealkylation sites (tertiary alicyclic amines) is 2. The molecule has 3 aliphatic rings. The van der Waals surface area contributed by atoms with E-state index in [0.717, 1.165) is 44.6 Å². The molecular weight excluding hydrogens is 318 g/mol. The minimum absolute atomic E-state index is 0.137. The van der Waals surface area contributed by atoms with Crippen molar-refractivity contribution in [1.29, 1.82) is 0 Å². The molecule has 1 aromatic rings. The molecule has 1 aromatic heterocycles. The Kier molecular flexibility index (Phi) is 4.31. The Morgan fingerprint density at radius 3 is 2.64 bits per heavy atom. The highest BCUT2D eigenvalue weighted by Crippen LogP contribution is 2.33. The van der Waals surface area contributed by atoms with E-state index < -0.39 is 0 Å². The standard InChI is InChI=1S/C18H25N5O2/c1-21(16-3-2-8-19-20-16)14-6-9-22(10-7-14)18(25)13-11-17(24)23(12-13)15-4-5-15/h2-3,8,13-15H,4-7,9-12H2,1H3/t13-/m0/s1. The maximum absolute atomic E-state index is 12.8. The van der Waals surface area contributed by atoms with Crippen LogP contribution in [0.3, 0.4) is 0 Å². The molecule has 7 nitrogen and oxygen atoms in total. The summed E-state index contributed by atoms with van der Waals surface area (Å²) in [6, 6.07) is 4.63. The van der Waals surface area contributed by atoms with Gasteiger partial charge in [-0.2, -0.15) is 5.10 Å². The predicted octanol–water partition coefficient (Wildman–Crippen LogP) is 0.915. The van der Waals surface area contributed by atoms with Crippen LogP contribution >= 0.6 is 0 Å². The molecule has 25 heavy (non-hydrogen) atoms. The van der Waals surface area contributed by atoms with E-state index in [1.54, 1.807) is 6.20 Å². The van der Waals surface area contributed by atoms with Gasteiger partial charge in [-0.25, -0.2) is 0 Å². The quantitative estimate of drug-likeness (QED) is 0.813. The van der Waals surface area contributed by atoms with Gasteiger partial charge in [0.15, 0.2) is 5.82 Å². The van der Waals surface area contributed by atoms with E-state index in [-0.39, 0.29) is 17.7 Å². The summed E-state index contributed by atoms with van der Waals surface area (Å²) in [4.78, 5) is 30.9. The van der Waals surface area contributed by atoms with Crippen molar-refractivity contribution in [3.05, 3.63) is 18.3 Å². The summed E-state index contributed by atoms with van der Waals surface area (Å²) >= 11 is 0. The molecule has 3 fully saturated rings. The van der Waals surface area contributed by atoms with E-state index >= 15 is 0 Å². The molecular formula is C18H25N5O2. The molecule has 134 valence electrons. The van der Waals surface area contributed by atoms with Crippen LogP contribution in [0.5, 0.6) is 0 Å². The van der Waals surface area contributed by atoms with E-state index in [9.17, 15) is 9.59 Å². The van der Waals surface area contributed by atoms with E-state index in [1.807, 2.05) is 29.0 Å². The van der Waals surface area contributed by atoms with E-state index in [0.29, 0.717) is 25.0 Å². The van der Waals surface area contributed by atoms with Crippen molar-refractivity contribution in [1.82, 2.24) is 20.0 Å². The number of piperidine rings is 1. The van der Waals surface area contributed by atoms with Gasteiger partial charge >= 0.3 is 0 Å². The Morgan fingerprint density at radius 2 is 2.00 bits per heavy atom. The molecule has 0 spiro atoms. The highest BCUT2D eigenvalue weighted by Gasteiger charge is 2.43. The zero-order valence-electron chi connectivity index (χ0n) is 14.7. The van der Waals surface area contributed by atoms with Crippen LogP contribution in [-0.4, -0.2) is 70.6 Å². The summed E-state index contributed by atoms with van der Waals surface area (Å²) < 4.78 is 0. The average Bonchev–Trinajstić information content (AvgIpc) is 3.43. The van der Waals surface area contributed by atoms with Gasteiger partial charge in [-0.15, -0.1) is 5.10 Å². The van der Waals surface area contributed by atoms with Crippen LogP contribution in [0.15, 0.2) is 18.3 Å². The maximum Gasteiger partial charge on any atom is 0.227 e. The van der Waals surface area contributed by atoms with E-state index in [4.69, 9.17) is 0 Å². The van der Waals surface area contributed by atoms with Crippen LogP contribution in [0.1, 0.15) is 32.1 Å². The first-order valence-electron chi connectivity index (χ1n) is 9.22. The first kappa shape index (κ1) is 16.3. The molecule has 0 N–H and O–H groups in total. The first-order chi connectivity index (χ1) is 12.1. The molecule has 0 bridgehead atoms. The number of carbonyl (C=O) groups excluding carboxylic acids is 2. The second-order valence-corrected chi connectivity index (χ2v) is 7.43. The summed E-state index contributed by atoms with van der Waals surface area (Å²) in [5.41, 5.74) is 0. The fourth-order valence-corrected chi connectivity index (χ4v) is 4.04. The second kappa shape index (κ2) is 6.61. The zero-order chi connectivity index (χ0) is 17.4. The van der Waals surface area contributed by atoms with Crippen molar-refractivity contribution in [3.63, 3.8) is 0 Å². The summed E-state index contributed by atoms with van der Waals surface area (Å²) in [6.45, 7) is 2.13. The number of amides is 2. The normalized spacial score (nSPS) is 24.7. The van der Waals surface area contributed by atoms with Gasteiger partial charge in [0.2, 0.25) is 11.8 Å². The van der Waals surface area contributed by atoms with Crippen LogP contribution in [0, 0.1) is 5.92 Å². The third kappa shape index (κ3) is 3.32. The third-order valence-electron chi connectivity index (χ3n) is 5.74. The number of rotatable bonds is 4. The second-order valence-electron chi connectivity index (χ2n) is 7.43. The van der Waals surface area contributed by atoms with Gasteiger partial charge < -0.3 is 14.7 Å². The monoisotopic (exact) mass is 343 g/mol. The van der Waals surface area contributed by atoms with E-state index in [1.165, 1.54) is 0 Å². The van der Waals surface area contributed by atoms with Crippen molar-refractivity contribution in [2.45, 2.75) is 44.2 Å². The lowest BCUT2D eigenvalue weighted by atomic mass is 10.0. The Labute approximate surface area is 148 Å². The minimum atomic E-state index is -0.137. The molecule has 1 atom stereocenters. The van der Waals surface area contributed by atoms with Crippen LogP contribution in [-0.2, 0) is 9.59 Å². The molecule has 2 aliphatic heterocycles. The Balaban J connectivity index is 1.31. The summed E-state index contributed by atoms with van der Waals surface area (Å²) in [5.74, 6) is 1.06. The van der Waals surface area contributed by atoms with Crippen molar-refractivity contribution in [2.24, 2.45) is 5.92 Å². The van der Waals surface area contributed by atoms with Crippen molar-refractivity contribution in [3.8, 4) is 0 Å². The number of hydrogen-bond donors (Lipinski definition) is 0. The van der Waals surface area contributed by atoms with Crippen molar-refractivity contribution < 1.29 is 9.59 Å². The Bertz CT molecular complexity index is 640. The lowest BCUT2D eigenvalue weighted by Crippen LogP contribution is -2.47. The smallest absolute Gasteiger partial charge is 0.227 e. The largest absolute Gasteiger partial charge is 0.355 e. The van der Waals surface area contributed by atoms with Crippen molar-refractivity contribution in [2.75, 3.05) is 31.6 Å². The number of nitrogens with zero attached hydrogens (tertiary/aromatic N) is 5. The van der Waals surface area contributed by atoms with Gasteiger partial charge in [0.1, 0.15) is 0 Å². The minimum Gasteiger partial charge on any atom is -0.355 e. The van der Waals surface area contributed by atoms with Gasteiger partial charge in [0.25, 0.3) is 0 Å². The highest BCUT2D eigenvalue weighted by atomic mass is 16.2. The highest BCUT2D eigenvalue weighted by molar-refractivity contribution is 5.89. The lowest BCUT2D eigenvalue weighted by Gasteiger charge is -2.37. The van der Waals surface area contributed by atoms with E-state index in [2.05, 4.69) is 15.1 Å². The molecule has 2 saturated heterocycles. The average molecular weight is 343 g/mol.